The summed E-state index contributed by atoms with van der Waals surface area (Å²) in [5.41, 5.74) is 2.49. The van der Waals surface area contributed by atoms with E-state index >= 15 is 0 Å². The number of nitrogens with one attached hydrogen (secondary N) is 1. The summed E-state index contributed by atoms with van der Waals surface area (Å²) in [6.45, 7) is 2.88. The molecule has 1 atom stereocenters. The van der Waals surface area contributed by atoms with Gasteiger partial charge in [0, 0.05) is 19.1 Å². The molecule has 1 amide bonds. The van der Waals surface area contributed by atoms with E-state index in [4.69, 9.17) is 4.42 Å². The molecule has 146 valence electrons. The van der Waals surface area contributed by atoms with Gasteiger partial charge in [-0.3, -0.25) is 9.36 Å². The van der Waals surface area contributed by atoms with E-state index < -0.39 is 5.76 Å². The Kier molecular flexibility index (Phi) is 5.58. The number of benzene rings is 2. The van der Waals surface area contributed by atoms with Crippen molar-refractivity contribution in [2.45, 2.75) is 31.8 Å². The molecule has 28 heavy (non-hydrogen) atoms. The summed E-state index contributed by atoms with van der Waals surface area (Å²) in [7, 11) is 0. The third kappa shape index (κ3) is 4.34. The molecule has 0 spiro atoms. The fourth-order valence-electron chi connectivity index (χ4n) is 3.89. The van der Waals surface area contributed by atoms with Crippen LogP contribution in [-0.2, 0) is 17.8 Å². The van der Waals surface area contributed by atoms with Gasteiger partial charge in [-0.2, -0.15) is 0 Å². The lowest BCUT2D eigenvalue weighted by Crippen LogP contribution is -2.49. The second kappa shape index (κ2) is 8.44. The zero-order chi connectivity index (χ0) is 19.3. The van der Waals surface area contributed by atoms with E-state index in [0.717, 1.165) is 38.9 Å². The Labute approximate surface area is 163 Å². The zero-order valence-electron chi connectivity index (χ0n) is 15.8. The van der Waals surface area contributed by atoms with E-state index in [1.807, 2.05) is 18.2 Å². The number of aromatic nitrogens is 1. The van der Waals surface area contributed by atoms with E-state index in [0.29, 0.717) is 11.1 Å². The second-order valence-corrected chi connectivity index (χ2v) is 7.36. The first kappa shape index (κ1) is 18.5. The number of amides is 1. The summed E-state index contributed by atoms with van der Waals surface area (Å²) in [5.74, 6) is -0.645. The molecule has 1 aromatic heterocycles. The molecule has 6 nitrogen and oxygen atoms in total. The van der Waals surface area contributed by atoms with Crippen molar-refractivity contribution >= 4 is 17.0 Å². The minimum atomic E-state index is -0.496. The van der Waals surface area contributed by atoms with Crippen molar-refractivity contribution in [3.05, 3.63) is 70.7 Å². The number of hydrogen-bond donors (Lipinski definition) is 1. The van der Waals surface area contributed by atoms with E-state index in [1.165, 1.54) is 10.1 Å². The number of nitrogens with zero attached hydrogens (tertiary/aromatic N) is 2. The molecule has 0 bridgehead atoms. The summed E-state index contributed by atoms with van der Waals surface area (Å²) in [5, 5.41) is 3.10. The lowest BCUT2D eigenvalue weighted by atomic mass is 10.0. The average Bonchev–Trinajstić information content (AvgIpc) is 3.03. The van der Waals surface area contributed by atoms with Crippen molar-refractivity contribution in [2.24, 2.45) is 0 Å². The van der Waals surface area contributed by atoms with Crippen LogP contribution in [0.4, 0.5) is 0 Å². The van der Waals surface area contributed by atoms with Crippen molar-refractivity contribution in [3.8, 4) is 0 Å². The molecule has 1 fully saturated rings. The van der Waals surface area contributed by atoms with Crippen LogP contribution in [0.1, 0.15) is 18.4 Å². The Balaban J connectivity index is 1.32. The van der Waals surface area contributed by atoms with Gasteiger partial charge in [0.1, 0.15) is 6.54 Å². The first-order chi connectivity index (χ1) is 13.7. The highest BCUT2D eigenvalue weighted by Gasteiger charge is 2.22. The second-order valence-electron chi connectivity index (χ2n) is 7.36. The van der Waals surface area contributed by atoms with Crippen molar-refractivity contribution in [1.29, 1.82) is 0 Å². The number of carbonyl (C=O) groups excluding carboxylic acids is 1. The van der Waals surface area contributed by atoms with Crippen LogP contribution >= 0.6 is 0 Å². The lowest BCUT2D eigenvalue weighted by molar-refractivity contribution is -0.122. The Bertz CT molecular complexity index is 993. The molecule has 1 unspecified atom stereocenters. The summed E-state index contributed by atoms with van der Waals surface area (Å²) >= 11 is 0. The number of carbonyl (C=O) groups is 1. The minimum Gasteiger partial charge on any atom is -0.408 e. The fourth-order valence-corrected chi connectivity index (χ4v) is 3.89. The van der Waals surface area contributed by atoms with E-state index in [2.05, 4.69) is 34.5 Å². The van der Waals surface area contributed by atoms with Crippen LogP contribution in [0, 0.1) is 0 Å². The van der Waals surface area contributed by atoms with Gasteiger partial charge in [-0.05, 0) is 43.5 Å². The molecule has 6 heteroatoms. The highest BCUT2D eigenvalue weighted by Crippen LogP contribution is 2.13. The Morgan fingerprint density at radius 3 is 2.75 bits per heavy atom. The first-order valence-electron chi connectivity index (χ1n) is 9.83. The first-order valence-corrected chi connectivity index (χ1v) is 9.83. The van der Waals surface area contributed by atoms with Crippen molar-refractivity contribution in [3.63, 3.8) is 0 Å². The number of likely N-dealkylation sites (tertiary alicyclic amines) is 1. The molecule has 0 radical (unpaired) electrons. The van der Waals surface area contributed by atoms with Crippen LogP contribution in [0.5, 0.6) is 0 Å². The molecular weight excluding hydrogens is 354 g/mol. The van der Waals surface area contributed by atoms with Crippen LogP contribution in [0.25, 0.3) is 11.1 Å². The molecule has 1 saturated heterocycles. The molecule has 1 N–H and O–H groups in total. The molecule has 0 saturated carbocycles. The van der Waals surface area contributed by atoms with Crippen molar-refractivity contribution in [1.82, 2.24) is 14.8 Å². The zero-order valence-corrected chi connectivity index (χ0v) is 15.8. The van der Waals surface area contributed by atoms with Gasteiger partial charge in [-0.15, -0.1) is 0 Å². The van der Waals surface area contributed by atoms with Crippen LogP contribution in [0.2, 0.25) is 0 Å². The quantitative estimate of drug-likeness (QED) is 0.714. The van der Waals surface area contributed by atoms with Gasteiger partial charge in [0.2, 0.25) is 5.91 Å². The van der Waals surface area contributed by atoms with Gasteiger partial charge in [-0.25, -0.2) is 4.79 Å². The number of para-hydroxylation sites is 2. The van der Waals surface area contributed by atoms with Gasteiger partial charge >= 0.3 is 5.76 Å². The van der Waals surface area contributed by atoms with Crippen LogP contribution in [-0.4, -0.2) is 41.1 Å². The molecule has 3 aromatic rings. The van der Waals surface area contributed by atoms with Gasteiger partial charge in [0.15, 0.2) is 5.58 Å². The molecule has 2 heterocycles. The normalized spacial score (nSPS) is 17.6. The van der Waals surface area contributed by atoms with E-state index in [9.17, 15) is 9.59 Å². The molecule has 1 aliphatic rings. The summed E-state index contributed by atoms with van der Waals surface area (Å²) < 4.78 is 6.59. The van der Waals surface area contributed by atoms with E-state index in [1.54, 1.807) is 12.1 Å². The summed E-state index contributed by atoms with van der Waals surface area (Å²) in [4.78, 5) is 27.0. The monoisotopic (exact) mass is 379 g/mol. The Morgan fingerprint density at radius 2 is 1.89 bits per heavy atom. The Hall–Kier alpha value is -2.86. The van der Waals surface area contributed by atoms with Gasteiger partial charge < -0.3 is 14.6 Å². The third-order valence-corrected chi connectivity index (χ3v) is 5.31. The SMILES string of the molecule is O=C(Cn1c(=O)oc2ccccc21)NC1CCCN(CCc2ccccc2)C1. The van der Waals surface area contributed by atoms with E-state index in [-0.39, 0.29) is 18.5 Å². The lowest BCUT2D eigenvalue weighted by Gasteiger charge is -2.33. The van der Waals surface area contributed by atoms with Crippen molar-refractivity contribution in [2.75, 3.05) is 19.6 Å². The number of oxazole rings is 1. The van der Waals surface area contributed by atoms with Crippen molar-refractivity contribution < 1.29 is 9.21 Å². The van der Waals surface area contributed by atoms with Gasteiger partial charge in [-0.1, -0.05) is 42.5 Å². The predicted octanol–water partition coefficient (Wildman–Crippen LogP) is 2.42. The molecule has 4 rings (SSSR count). The maximum atomic E-state index is 12.5. The van der Waals surface area contributed by atoms with Gasteiger partial charge in [0.25, 0.3) is 0 Å². The third-order valence-electron chi connectivity index (χ3n) is 5.31. The highest BCUT2D eigenvalue weighted by atomic mass is 16.4. The average molecular weight is 379 g/mol. The largest absolute Gasteiger partial charge is 0.420 e. The standard InChI is InChI=1S/C22H25N3O3/c26-21(16-25-19-10-4-5-11-20(19)28-22(25)27)23-18-9-6-13-24(15-18)14-12-17-7-2-1-3-8-17/h1-5,7-8,10-11,18H,6,9,12-16H2,(H,23,26). The highest BCUT2D eigenvalue weighted by molar-refractivity contribution is 5.79. The Morgan fingerprint density at radius 1 is 1.11 bits per heavy atom. The van der Waals surface area contributed by atoms with Gasteiger partial charge in [0.05, 0.1) is 5.52 Å². The maximum Gasteiger partial charge on any atom is 0.420 e. The number of rotatable bonds is 6. The predicted molar refractivity (Wildman–Crippen MR) is 108 cm³/mol. The minimum absolute atomic E-state index is 0.0175. The smallest absolute Gasteiger partial charge is 0.408 e. The molecular formula is C22H25N3O3. The van der Waals surface area contributed by atoms with Crippen LogP contribution < -0.4 is 11.1 Å². The van der Waals surface area contributed by atoms with Crippen LogP contribution in [0.15, 0.2) is 63.8 Å². The summed E-state index contributed by atoms with van der Waals surface area (Å²) in [6, 6.07) is 17.7. The molecule has 0 aliphatic carbocycles. The maximum absolute atomic E-state index is 12.5. The summed E-state index contributed by atoms with van der Waals surface area (Å²) in [6.07, 6.45) is 3.04. The number of fused-ring (bicyclic) bond motifs is 1. The number of piperidine rings is 1. The number of hydrogen-bond acceptors (Lipinski definition) is 4. The molecule has 1 aliphatic heterocycles. The van der Waals surface area contributed by atoms with Crippen LogP contribution in [0.3, 0.4) is 0 Å². The fraction of sp³-hybridized carbons (Fsp3) is 0.364. The topological polar surface area (TPSA) is 67.5 Å². The molecule has 2 aromatic carbocycles.